The smallest absolute Gasteiger partial charge is 0.317 e. The number of benzene rings is 1. The van der Waals surface area contributed by atoms with Crippen molar-refractivity contribution in [1.82, 2.24) is 25.2 Å². The molecule has 33 heavy (non-hydrogen) atoms. The number of aromatic nitrogens is 3. The summed E-state index contributed by atoms with van der Waals surface area (Å²) in [6.45, 7) is 6.43. The van der Waals surface area contributed by atoms with Gasteiger partial charge in [0.05, 0.1) is 19.7 Å². The van der Waals surface area contributed by atoms with Crippen molar-refractivity contribution in [2.45, 2.75) is 19.9 Å². The van der Waals surface area contributed by atoms with E-state index in [2.05, 4.69) is 20.2 Å². The van der Waals surface area contributed by atoms with Crippen LogP contribution >= 0.6 is 0 Å². The molecule has 0 bridgehead atoms. The topological polar surface area (TPSA) is 113 Å². The van der Waals surface area contributed by atoms with E-state index >= 15 is 0 Å². The van der Waals surface area contributed by atoms with Gasteiger partial charge in [-0.25, -0.2) is 14.8 Å². The number of rotatable bonds is 5. The number of nitrogens with zero attached hydrogens (tertiary/aromatic N) is 4. The van der Waals surface area contributed by atoms with Crippen LogP contribution in [0.3, 0.4) is 0 Å². The van der Waals surface area contributed by atoms with Crippen LogP contribution in [0.4, 0.5) is 10.6 Å². The van der Waals surface area contributed by atoms with Gasteiger partial charge < -0.3 is 29.6 Å². The SMILES string of the molecule is COc1cc(OC)c2c(=O)[nH]c(-c3cccc(N4CCN(C(=O)NC(C)C)CC4)n3)nc2c1. The second-order valence-electron chi connectivity index (χ2n) is 8.10. The zero-order valence-corrected chi connectivity index (χ0v) is 19.2. The molecule has 3 heterocycles. The van der Waals surface area contributed by atoms with E-state index in [0.29, 0.717) is 60.1 Å². The summed E-state index contributed by atoms with van der Waals surface area (Å²) in [6, 6.07) is 9.00. The molecule has 1 aliphatic heterocycles. The number of aromatic amines is 1. The van der Waals surface area contributed by atoms with Crippen molar-refractivity contribution in [2.24, 2.45) is 0 Å². The predicted molar refractivity (Wildman–Crippen MR) is 126 cm³/mol. The Hall–Kier alpha value is -3.82. The number of anilines is 1. The van der Waals surface area contributed by atoms with Crippen molar-refractivity contribution < 1.29 is 14.3 Å². The minimum atomic E-state index is -0.313. The van der Waals surface area contributed by atoms with Crippen LogP contribution in [0.2, 0.25) is 0 Å². The highest BCUT2D eigenvalue weighted by atomic mass is 16.5. The van der Waals surface area contributed by atoms with Crippen LogP contribution in [0.1, 0.15) is 13.8 Å². The zero-order chi connectivity index (χ0) is 23.5. The maximum Gasteiger partial charge on any atom is 0.317 e. The number of carbonyl (C=O) groups excluding carboxylic acids is 1. The molecular weight excluding hydrogens is 424 g/mol. The lowest BCUT2D eigenvalue weighted by molar-refractivity contribution is 0.191. The molecule has 0 aliphatic carbocycles. The molecule has 2 N–H and O–H groups in total. The van der Waals surface area contributed by atoms with E-state index in [1.54, 1.807) is 25.3 Å². The molecule has 0 atom stereocenters. The Kier molecular flexibility index (Phi) is 6.34. The third-order valence-corrected chi connectivity index (χ3v) is 5.48. The molecule has 1 aromatic carbocycles. The van der Waals surface area contributed by atoms with Crippen molar-refractivity contribution >= 4 is 22.8 Å². The van der Waals surface area contributed by atoms with Crippen molar-refractivity contribution in [3.8, 4) is 23.0 Å². The number of hydrogen-bond donors (Lipinski definition) is 2. The molecule has 3 aromatic rings. The van der Waals surface area contributed by atoms with Crippen molar-refractivity contribution in [3.05, 3.63) is 40.7 Å². The Morgan fingerprint density at radius 2 is 1.85 bits per heavy atom. The maximum atomic E-state index is 12.8. The first-order chi connectivity index (χ1) is 15.9. The highest BCUT2D eigenvalue weighted by Crippen LogP contribution is 2.29. The van der Waals surface area contributed by atoms with Gasteiger partial charge in [-0.2, -0.15) is 0 Å². The van der Waals surface area contributed by atoms with Gasteiger partial charge in [-0.05, 0) is 26.0 Å². The molecule has 0 radical (unpaired) electrons. The quantitative estimate of drug-likeness (QED) is 0.610. The predicted octanol–water partition coefficient (Wildman–Crippen LogP) is 2.24. The van der Waals surface area contributed by atoms with Crippen molar-refractivity contribution in [3.63, 3.8) is 0 Å². The molecule has 174 valence electrons. The van der Waals surface area contributed by atoms with E-state index in [4.69, 9.17) is 14.5 Å². The van der Waals surface area contributed by atoms with E-state index in [-0.39, 0.29) is 17.6 Å². The highest BCUT2D eigenvalue weighted by molar-refractivity contribution is 5.87. The Balaban J connectivity index is 1.60. The van der Waals surface area contributed by atoms with E-state index < -0.39 is 0 Å². The normalized spacial score (nSPS) is 14.0. The van der Waals surface area contributed by atoms with E-state index in [1.165, 1.54) is 7.11 Å². The molecule has 0 saturated carbocycles. The molecule has 10 heteroatoms. The Morgan fingerprint density at radius 1 is 1.09 bits per heavy atom. The average molecular weight is 453 g/mol. The summed E-state index contributed by atoms with van der Waals surface area (Å²) < 4.78 is 10.7. The number of nitrogens with one attached hydrogen (secondary N) is 2. The van der Waals surface area contributed by atoms with Crippen LogP contribution < -0.4 is 25.2 Å². The number of hydrogen-bond acceptors (Lipinski definition) is 7. The summed E-state index contributed by atoms with van der Waals surface area (Å²) in [7, 11) is 3.05. The van der Waals surface area contributed by atoms with Gasteiger partial charge in [-0.3, -0.25) is 4.79 Å². The van der Waals surface area contributed by atoms with Gasteiger partial charge in [0, 0.05) is 44.4 Å². The van der Waals surface area contributed by atoms with E-state index in [0.717, 1.165) is 5.82 Å². The summed E-state index contributed by atoms with van der Waals surface area (Å²) in [5.74, 6) is 2.07. The first kappa shape index (κ1) is 22.4. The lowest BCUT2D eigenvalue weighted by atomic mass is 10.2. The summed E-state index contributed by atoms with van der Waals surface area (Å²) in [6.07, 6.45) is 0. The van der Waals surface area contributed by atoms with Crippen LogP contribution in [0.15, 0.2) is 35.1 Å². The molecule has 0 spiro atoms. The van der Waals surface area contributed by atoms with Crippen LogP contribution in [-0.2, 0) is 0 Å². The van der Waals surface area contributed by atoms with Gasteiger partial charge in [-0.1, -0.05) is 6.07 Å². The van der Waals surface area contributed by atoms with Crippen LogP contribution in [0.25, 0.3) is 22.4 Å². The molecule has 2 aromatic heterocycles. The number of H-pyrrole nitrogens is 1. The fourth-order valence-corrected chi connectivity index (χ4v) is 3.82. The molecule has 4 rings (SSSR count). The number of urea groups is 1. The third kappa shape index (κ3) is 4.69. The Bertz CT molecular complexity index is 1220. The fourth-order valence-electron chi connectivity index (χ4n) is 3.82. The lowest BCUT2D eigenvalue weighted by Crippen LogP contribution is -2.53. The largest absolute Gasteiger partial charge is 0.497 e. The Labute approximate surface area is 191 Å². The third-order valence-electron chi connectivity index (χ3n) is 5.48. The minimum absolute atomic E-state index is 0.0462. The molecule has 1 saturated heterocycles. The average Bonchev–Trinajstić information content (AvgIpc) is 2.82. The number of methoxy groups -OCH3 is 2. The number of carbonyl (C=O) groups is 1. The van der Waals surface area contributed by atoms with Crippen molar-refractivity contribution in [1.29, 1.82) is 0 Å². The highest BCUT2D eigenvalue weighted by Gasteiger charge is 2.22. The summed E-state index contributed by atoms with van der Waals surface area (Å²) in [4.78, 5) is 41.2. The van der Waals surface area contributed by atoms with Crippen LogP contribution in [0, 0.1) is 0 Å². The number of ether oxygens (including phenoxy) is 2. The fraction of sp³-hybridized carbons (Fsp3) is 0.391. The molecule has 0 unspecified atom stereocenters. The number of piperazine rings is 1. The van der Waals surface area contributed by atoms with Gasteiger partial charge in [-0.15, -0.1) is 0 Å². The second kappa shape index (κ2) is 9.35. The summed E-state index contributed by atoms with van der Waals surface area (Å²) in [5, 5.41) is 3.28. The molecule has 2 amide bonds. The van der Waals surface area contributed by atoms with Gasteiger partial charge in [0.25, 0.3) is 5.56 Å². The molecule has 1 aliphatic rings. The van der Waals surface area contributed by atoms with Gasteiger partial charge >= 0.3 is 6.03 Å². The van der Waals surface area contributed by atoms with Gasteiger partial charge in [0.15, 0.2) is 5.82 Å². The number of pyridine rings is 1. The minimum Gasteiger partial charge on any atom is -0.497 e. The molecule has 10 nitrogen and oxygen atoms in total. The monoisotopic (exact) mass is 452 g/mol. The number of amides is 2. The number of fused-ring (bicyclic) bond motifs is 1. The maximum absolute atomic E-state index is 12.8. The molecule has 1 fully saturated rings. The Morgan fingerprint density at radius 3 is 2.52 bits per heavy atom. The van der Waals surface area contributed by atoms with Gasteiger partial charge in [0.2, 0.25) is 0 Å². The molecular formula is C23H28N6O4. The van der Waals surface area contributed by atoms with Crippen molar-refractivity contribution in [2.75, 3.05) is 45.3 Å². The van der Waals surface area contributed by atoms with Crippen LogP contribution in [0.5, 0.6) is 11.5 Å². The zero-order valence-electron chi connectivity index (χ0n) is 19.2. The summed E-state index contributed by atoms with van der Waals surface area (Å²) in [5.41, 5.74) is 0.696. The lowest BCUT2D eigenvalue weighted by Gasteiger charge is -2.35. The second-order valence-corrected chi connectivity index (χ2v) is 8.10. The van der Waals surface area contributed by atoms with Gasteiger partial charge in [0.1, 0.15) is 28.4 Å². The van der Waals surface area contributed by atoms with E-state index in [1.807, 2.05) is 30.9 Å². The van der Waals surface area contributed by atoms with Crippen LogP contribution in [-0.4, -0.2) is 72.3 Å². The first-order valence-corrected chi connectivity index (χ1v) is 10.8. The standard InChI is InChI=1S/C23H28N6O4/c1-14(2)24-23(31)29-10-8-28(9-11-29)19-7-5-6-16(25-19)21-26-17-12-15(32-3)13-18(33-4)20(17)22(30)27-21/h5-7,12-14H,8-11H2,1-4H3,(H,24,31)(H,26,27,30). The first-order valence-electron chi connectivity index (χ1n) is 10.8. The van der Waals surface area contributed by atoms with E-state index in [9.17, 15) is 9.59 Å². The summed E-state index contributed by atoms with van der Waals surface area (Å²) >= 11 is 0.